The van der Waals surface area contributed by atoms with Crippen LogP contribution in [0.5, 0.6) is 0 Å². The van der Waals surface area contributed by atoms with E-state index in [9.17, 15) is 9.59 Å². The molecule has 0 bridgehead atoms. The first-order valence-corrected chi connectivity index (χ1v) is 13.8. The van der Waals surface area contributed by atoms with Crippen molar-refractivity contribution in [1.82, 2.24) is 0 Å². The molecule has 2 amide bonds. The molecule has 0 aliphatic rings. The van der Waals surface area contributed by atoms with Gasteiger partial charge in [-0.3, -0.25) is 9.59 Å². The summed E-state index contributed by atoms with van der Waals surface area (Å²) < 4.78 is 0. The van der Waals surface area contributed by atoms with Crippen molar-refractivity contribution in [2.45, 2.75) is 36.7 Å². The van der Waals surface area contributed by atoms with E-state index < -0.39 is 0 Å². The van der Waals surface area contributed by atoms with Crippen molar-refractivity contribution in [3.05, 3.63) is 120 Å². The maximum absolute atomic E-state index is 12.3. The molecule has 4 rings (SSSR count). The average molecular weight is 513 g/mol. The number of nitrogens with zero attached hydrogens (tertiary/aromatic N) is 2. The van der Waals surface area contributed by atoms with Crippen molar-refractivity contribution < 1.29 is 9.59 Å². The number of anilines is 2. The van der Waals surface area contributed by atoms with E-state index in [1.807, 2.05) is 109 Å². The second-order valence-electron chi connectivity index (χ2n) is 8.34. The average Bonchev–Trinajstić information content (AvgIpc) is 2.91. The largest absolute Gasteiger partial charge is 0.308 e. The summed E-state index contributed by atoms with van der Waals surface area (Å²) in [6.45, 7) is 4.28. The predicted molar refractivity (Wildman–Crippen MR) is 151 cm³/mol. The fraction of sp³-hybridized carbons (Fsp3) is 0.133. The van der Waals surface area contributed by atoms with Crippen molar-refractivity contribution >= 4 is 44.8 Å². The van der Waals surface area contributed by atoms with Gasteiger partial charge in [-0.1, -0.05) is 82.3 Å². The zero-order valence-electron chi connectivity index (χ0n) is 20.3. The van der Waals surface area contributed by atoms with Gasteiger partial charge >= 0.3 is 0 Å². The SMILES string of the molecule is CC(=O)N(Cc1ccccc1)c1ccc(SSc2ccc(N(Cc3ccccc3)C(C)=O)cc2)cc1. The Morgan fingerprint density at radius 3 is 1.17 bits per heavy atom. The van der Waals surface area contributed by atoms with Gasteiger partial charge in [0, 0.05) is 35.0 Å². The first kappa shape index (κ1) is 25.6. The second kappa shape index (κ2) is 12.5. The van der Waals surface area contributed by atoms with Crippen LogP contribution in [-0.4, -0.2) is 11.8 Å². The lowest BCUT2D eigenvalue weighted by Gasteiger charge is -2.22. The molecule has 0 unspecified atom stereocenters. The van der Waals surface area contributed by atoms with Crippen LogP contribution in [0.1, 0.15) is 25.0 Å². The molecule has 4 aromatic carbocycles. The van der Waals surface area contributed by atoms with Crippen LogP contribution in [0.2, 0.25) is 0 Å². The molecule has 0 saturated carbocycles. The van der Waals surface area contributed by atoms with Gasteiger partial charge in [-0.2, -0.15) is 0 Å². The van der Waals surface area contributed by atoms with Crippen molar-refractivity contribution in [1.29, 1.82) is 0 Å². The number of hydrogen-bond acceptors (Lipinski definition) is 4. The van der Waals surface area contributed by atoms with E-state index in [1.54, 1.807) is 45.2 Å². The van der Waals surface area contributed by atoms with Crippen LogP contribution in [0.4, 0.5) is 11.4 Å². The van der Waals surface area contributed by atoms with Crippen molar-refractivity contribution in [3.63, 3.8) is 0 Å². The van der Waals surface area contributed by atoms with Gasteiger partial charge < -0.3 is 9.80 Å². The molecular formula is C30H28N2O2S2. The molecule has 4 nitrogen and oxygen atoms in total. The van der Waals surface area contributed by atoms with E-state index in [2.05, 4.69) is 0 Å². The number of hydrogen-bond donors (Lipinski definition) is 0. The van der Waals surface area contributed by atoms with Gasteiger partial charge in [-0.05, 0) is 59.7 Å². The summed E-state index contributed by atoms with van der Waals surface area (Å²) in [5.41, 5.74) is 3.95. The summed E-state index contributed by atoms with van der Waals surface area (Å²) in [5.74, 6) is 0.0289. The van der Waals surface area contributed by atoms with Gasteiger partial charge in [0.15, 0.2) is 0 Å². The molecule has 0 heterocycles. The Balaban J connectivity index is 1.37. The molecule has 0 fully saturated rings. The summed E-state index contributed by atoms with van der Waals surface area (Å²) >= 11 is 0. The molecule has 0 atom stereocenters. The van der Waals surface area contributed by atoms with Crippen LogP contribution >= 0.6 is 21.6 Å². The third kappa shape index (κ3) is 7.03. The Morgan fingerprint density at radius 1 is 0.528 bits per heavy atom. The minimum absolute atomic E-state index is 0.0144. The van der Waals surface area contributed by atoms with Crippen LogP contribution in [0.15, 0.2) is 119 Å². The Bertz CT molecular complexity index is 1180. The zero-order chi connectivity index (χ0) is 25.3. The Labute approximate surface area is 220 Å². The molecule has 0 aliphatic heterocycles. The van der Waals surface area contributed by atoms with Gasteiger partial charge in [0.2, 0.25) is 11.8 Å². The molecule has 4 aromatic rings. The second-order valence-corrected chi connectivity index (χ2v) is 10.6. The fourth-order valence-electron chi connectivity index (χ4n) is 3.76. The van der Waals surface area contributed by atoms with Crippen molar-refractivity contribution in [2.75, 3.05) is 9.80 Å². The topological polar surface area (TPSA) is 40.6 Å². The Morgan fingerprint density at radius 2 is 0.861 bits per heavy atom. The minimum Gasteiger partial charge on any atom is -0.308 e. The maximum Gasteiger partial charge on any atom is 0.224 e. The lowest BCUT2D eigenvalue weighted by atomic mass is 10.2. The van der Waals surface area contributed by atoms with Gasteiger partial charge in [0.25, 0.3) is 0 Å². The summed E-state index contributed by atoms with van der Waals surface area (Å²) in [5, 5.41) is 0. The van der Waals surface area contributed by atoms with Crippen LogP contribution in [-0.2, 0) is 22.7 Å². The van der Waals surface area contributed by atoms with E-state index >= 15 is 0 Å². The summed E-state index contributed by atoms with van der Waals surface area (Å²) in [7, 11) is 3.32. The van der Waals surface area contributed by atoms with E-state index in [-0.39, 0.29) is 11.8 Å². The monoisotopic (exact) mass is 512 g/mol. The molecule has 36 heavy (non-hydrogen) atoms. The highest BCUT2D eigenvalue weighted by Gasteiger charge is 2.14. The lowest BCUT2D eigenvalue weighted by molar-refractivity contribution is -0.117. The van der Waals surface area contributed by atoms with Crippen molar-refractivity contribution in [3.8, 4) is 0 Å². The van der Waals surface area contributed by atoms with Crippen LogP contribution < -0.4 is 9.80 Å². The van der Waals surface area contributed by atoms with Gasteiger partial charge in [0.1, 0.15) is 0 Å². The highest BCUT2D eigenvalue weighted by molar-refractivity contribution is 8.76. The standard InChI is InChI=1S/C30H28N2O2S2/c1-23(33)31(21-25-9-5-3-6-10-25)27-13-17-29(18-14-27)35-36-30-19-15-28(16-20-30)32(24(2)34)22-26-11-7-4-8-12-26/h3-20H,21-22H2,1-2H3. The summed E-state index contributed by atoms with van der Waals surface area (Å²) in [6, 6.07) is 36.1. The first-order valence-electron chi connectivity index (χ1n) is 11.7. The molecular weight excluding hydrogens is 484 g/mol. The first-order chi connectivity index (χ1) is 17.5. The third-order valence-electron chi connectivity index (χ3n) is 5.66. The van der Waals surface area contributed by atoms with Crippen LogP contribution in [0, 0.1) is 0 Å². The molecule has 0 aliphatic carbocycles. The lowest BCUT2D eigenvalue weighted by Crippen LogP contribution is -2.27. The summed E-state index contributed by atoms with van der Waals surface area (Å²) in [6.07, 6.45) is 0. The van der Waals surface area contributed by atoms with Crippen LogP contribution in [0.25, 0.3) is 0 Å². The van der Waals surface area contributed by atoms with E-state index in [0.29, 0.717) is 13.1 Å². The van der Waals surface area contributed by atoms with Crippen LogP contribution in [0.3, 0.4) is 0 Å². The normalized spacial score (nSPS) is 10.6. The van der Waals surface area contributed by atoms with Gasteiger partial charge in [-0.15, -0.1) is 0 Å². The number of carbonyl (C=O) groups excluding carboxylic acids is 2. The number of rotatable bonds is 9. The molecule has 0 saturated heterocycles. The zero-order valence-corrected chi connectivity index (χ0v) is 22.0. The van der Waals surface area contributed by atoms with Gasteiger partial charge in [0.05, 0.1) is 13.1 Å². The minimum atomic E-state index is 0.0144. The molecule has 6 heteroatoms. The van der Waals surface area contributed by atoms with Crippen molar-refractivity contribution in [2.24, 2.45) is 0 Å². The van der Waals surface area contributed by atoms with E-state index in [4.69, 9.17) is 0 Å². The molecule has 182 valence electrons. The molecule has 0 spiro atoms. The highest BCUT2D eigenvalue weighted by atomic mass is 33.1. The number of benzene rings is 4. The molecule has 0 N–H and O–H groups in total. The van der Waals surface area contributed by atoms with E-state index in [1.165, 1.54) is 0 Å². The smallest absolute Gasteiger partial charge is 0.224 e. The van der Waals surface area contributed by atoms with E-state index in [0.717, 1.165) is 32.3 Å². The third-order valence-corrected chi connectivity index (χ3v) is 8.08. The predicted octanol–water partition coefficient (Wildman–Crippen LogP) is 7.59. The fourth-order valence-corrected chi connectivity index (χ4v) is 5.69. The Hall–Kier alpha value is -3.48. The highest BCUT2D eigenvalue weighted by Crippen LogP contribution is 2.38. The molecule has 0 radical (unpaired) electrons. The quantitative estimate of drug-likeness (QED) is 0.217. The Kier molecular flexibility index (Phi) is 8.87. The maximum atomic E-state index is 12.3. The number of carbonyl (C=O) groups is 2. The summed E-state index contributed by atoms with van der Waals surface area (Å²) in [4.78, 5) is 30.3. The number of amides is 2. The molecule has 0 aromatic heterocycles. The van der Waals surface area contributed by atoms with Gasteiger partial charge in [-0.25, -0.2) is 0 Å².